The fourth-order valence-electron chi connectivity index (χ4n) is 2.82. The SMILES string of the molecule is O=C(CCNC1CCS(=O)(=O)C1)N1CCCCCC1. The third-order valence-electron chi connectivity index (χ3n) is 3.96. The zero-order chi connectivity index (χ0) is 13.7. The first-order valence-electron chi connectivity index (χ1n) is 7.28. The van der Waals surface area contributed by atoms with Gasteiger partial charge >= 0.3 is 0 Å². The molecule has 0 saturated carbocycles. The highest BCUT2D eigenvalue weighted by Gasteiger charge is 2.27. The quantitative estimate of drug-likeness (QED) is 0.820. The van der Waals surface area contributed by atoms with Crippen molar-refractivity contribution in [2.75, 3.05) is 31.1 Å². The van der Waals surface area contributed by atoms with Gasteiger partial charge in [-0.05, 0) is 19.3 Å². The second kappa shape index (κ2) is 6.70. The summed E-state index contributed by atoms with van der Waals surface area (Å²) in [5.74, 6) is 0.714. The summed E-state index contributed by atoms with van der Waals surface area (Å²) < 4.78 is 22.6. The minimum Gasteiger partial charge on any atom is -0.343 e. The first-order chi connectivity index (χ1) is 9.07. The molecule has 2 aliphatic rings. The molecule has 2 heterocycles. The van der Waals surface area contributed by atoms with Crippen molar-refractivity contribution < 1.29 is 13.2 Å². The Bertz CT molecular complexity index is 400. The van der Waals surface area contributed by atoms with E-state index in [1.165, 1.54) is 12.8 Å². The Morgan fingerprint density at radius 2 is 1.84 bits per heavy atom. The molecule has 2 aliphatic heterocycles. The van der Waals surface area contributed by atoms with Crippen LogP contribution in [0, 0.1) is 0 Å². The molecular weight excluding hydrogens is 264 g/mol. The van der Waals surface area contributed by atoms with Crippen LogP contribution in [-0.4, -0.2) is 56.4 Å². The summed E-state index contributed by atoms with van der Waals surface area (Å²) in [5.41, 5.74) is 0. The van der Waals surface area contributed by atoms with Crippen LogP contribution in [0.25, 0.3) is 0 Å². The van der Waals surface area contributed by atoms with Crippen molar-refractivity contribution in [3.05, 3.63) is 0 Å². The Morgan fingerprint density at radius 3 is 2.42 bits per heavy atom. The van der Waals surface area contributed by atoms with Crippen LogP contribution in [0.5, 0.6) is 0 Å². The maximum absolute atomic E-state index is 12.0. The molecule has 2 saturated heterocycles. The number of rotatable bonds is 4. The number of sulfone groups is 1. The molecule has 2 rings (SSSR count). The van der Waals surface area contributed by atoms with Crippen LogP contribution >= 0.6 is 0 Å². The molecular formula is C13H24N2O3S. The molecule has 0 spiro atoms. The first kappa shape index (κ1) is 14.8. The van der Waals surface area contributed by atoms with Crippen LogP contribution < -0.4 is 5.32 Å². The van der Waals surface area contributed by atoms with Gasteiger partial charge in [-0.3, -0.25) is 4.79 Å². The Balaban J connectivity index is 1.66. The van der Waals surface area contributed by atoms with Crippen molar-refractivity contribution in [2.24, 2.45) is 0 Å². The first-order valence-corrected chi connectivity index (χ1v) is 9.10. The minimum absolute atomic E-state index is 0.0435. The summed E-state index contributed by atoms with van der Waals surface area (Å²) >= 11 is 0. The summed E-state index contributed by atoms with van der Waals surface area (Å²) in [6, 6.07) is 0.0435. The van der Waals surface area contributed by atoms with Gasteiger partial charge in [-0.1, -0.05) is 12.8 Å². The monoisotopic (exact) mass is 288 g/mol. The standard InChI is InChI=1S/C13H24N2O3S/c16-13(15-8-3-1-2-4-9-15)5-7-14-12-6-10-19(17,18)11-12/h12,14H,1-11H2. The van der Waals surface area contributed by atoms with E-state index in [0.29, 0.717) is 19.4 Å². The smallest absolute Gasteiger partial charge is 0.223 e. The number of hydrogen-bond acceptors (Lipinski definition) is 4. The zero-order valence-electron chi connectivity index (χ0n) is 11.4. The number of amides is 1. The number of carbonyl (C=O) groups excluding carboxylic acids is 1. The Labute approximate surface area is 115 Å². The van der Waals surface area contributed by atoms with E-state index in [9.17, 15) is 13.2 Å². The van der Waals surface area contributed by atoms with E-state index in [1.807, 2.05) is 4.90 Å². The zero-order valence-corrected chi connectivity index (χ0v) is 12.3. The van der Waals surface area contributed by atoms with E-state index in [0.717, 1.165) is 25.9 Å². The van der Waals surface area contributed by atoms with Gasteiger partial charge < -0.3 is 10.2 Å². The summed E-state index contributed by atoms with van der Waals surface area (Å²) in [6.07, 6.45) is 5.83. The van der Waals surface area contributed by atoms with Crippen LogP contribution in [0.2, 0.25) is 0 Å². The van der Waals surface area contributed by atoms with E-state index in [-0.39, 0.29) is 23.5 Å². The van der Waals surface area contributed by atoms with E-state index < -0.39 is 9.84 Å². The van der Waals surface area contributed by atoms with Gasteiger partial charge in [0.1, 0.15) is 0 Å². The molecule has 5 nitrogen and oxygen atoms in total. The number of nitrogens with zero attached hydrogens (tertiary/aromatic N) is 1. The van der Waals surface area contributed by atoms with Crippen molar-refractivity contribution in [1.82, 2.24) is 10.2 Å². The largest absolute Gasteiger partial charge is 0.343 e. The lowest BCUT2D eigenvalue weighted by molar-refractivity contribution is -0.131. The van der Waals surface area contributed by atoms with Gasteiger partial charge in [0.2, 0.25) is 5.91 Å². The van der Waals surface area contributed by atoms with Crippen LogP contribution in [0.4, 0.5) is 0 Å². The maximum atomic E-state index is 12.0. The lowest BCUT2D eigenvalue weighted by Crippen LogP contribution is -2.36. The maximum Gasteiger partial charge on any atom is 0.223 e. The van der Waals surface area contributed by atoms with Crippen molar-refractivity contribution >= 4 is 15.7 Å². The van der Waals surface area contributed by atoms with Crippen molar-refractivity contribution in [2.45, 2.75) is 44.6 Å². The second-order valence-electron chi connectivity index (χ2n) is 5.60. The third kappa shape index (κ3) is 4.76. The third-order valence-corrected chi connectivity index (χ3v) is 5.73. The molecule has 1 atom stereocenters. The average Bonchev–Trinajstić information content (AvgIpc) is 2.58. The fraction of sp³-hybridized carbons (Fsp3) is 0.923. The van der Waals surface area contributed by atoms with Gasteiger partial charge in [0, 0.05) is 32.1 Å². The molecule has 2 fully saturated rings. The molecule has 0 radical (unpaired) electrons. The van der Waals surface area contributed by atoms with Gasteiger partial charge in [0.25, 0.3) is 0 Å². The van der Waals surface area contributed by atoms with Crippen LogP contribution in [0.1, 0.15) is 38.5 Å². The minimum atomic E-state index is -2.83. The van der Waals surface area contributed by atoms with Crippen molar-refractivity contribution in [3.63, 3.8) is 0 Å². The predicted octanol–water partition coefficient (Wildman–Crippen LogP) is 0.556. The molecule has 0 aromatic carbocycles. The topological polar surface area (TPSA) is 66.5 Å². The molecule has 1 N–H and O–H groups in total. The van der Waals surface area contributed by atoms with Crippen molar-refractivity contribution in [3.8, 4) is 0 Å². The van der Waals surface area contributed by atoms with Crippen LogP contribution in [0.3, 0.4) is 0 Å². The molecule has 6 heteroatoms. The average molecular weight is 288 g/mol. The second-order valence-corrected chi connectivity index (χ2v) is 7.83. The Morgan fingerprint density at radius 1 is 1.16 bits per heavy atom. The number of hydrogen-bond donors (Lipinski definition) is 1. The van der Waals surface area contributed by atoms with E-state index in [2.05, 4.69) is 5.32 Å². The van der Waals surface area contributed by atoms with Crippen LogP contribution in [0.15, 0.2) is 0 Å². The molecule has 1 amide bonds. The lowest BCUT2D eigenvalue weighted by atomic mass is 10.2. The summed E-state index contributed by atoms with van der Waals surface area (Å²) in [4.78, 5) is 14.0. The van der Waals surface area contributed by atoms with Gasteiger partial charge in [-0.15, -0.1) is 0 Å². The van der Waals surface area contributed by atoms with E-state index in [4.69, 9.17) is 0 Å². The molecule has 0 aromatic heterocycles. The molecule has 0 bridgehead atoms. The van der Waals surface area contributed by atoms with Gasteiger partial charge in [0.15, 0.2) is 9.84 Å². The molecule has 19 heavy (non-hydrogen) atoms. The lowest BCUT2D eigenvalue weighted by Gasteiger charge is -2.20. The summed E-state index contributed by atoms with van der Waals surface area (Å²) in [6.45, 7) is 2.36. The highest BCUT2D eigenvalue weighted by atomic mass is 32.2. The van der Waals surface area contributed by atoms with Gasteiger partial charge in [-0.25, -0.2) is 8.42 Å². The molecule has 1 unspecified atom stereocenters. The van der Waals surface area contributed by atoms with Crippen LogP contribution in [-0.2, 0) is 14.6 Å². The van der Waals surface area contributed by atoms with Gasteiger partial charge in [-0.2, -0.15) is 0 Å². The van der Waals surface area contributed by atoms with E-state index >= 15 is 0 Å². The highest BCUT2D eigenvalue weighted by Crippen LogP contribution is 2.12. The summed E-state index contributed by atoms with van der Waals surface area (Å²) in [5, 5.41) is 3.20. The molecule has 0 aromatic rings. The Hall–Kier alpha value is -0.620. The molecule has 110 valence electrons. The normalized spacial score (nSPS) is 27.2. The number of likely N-dealkylation sites (tertiary alicyclic amines) is 1. The van der Waals surface area contributed by atoms with Gasteiger partial charge in [0.05, 0.1) is 11.5 Å². The van der Waals surface area contributed by atoms with E-state index in [1.54, 1.807) is 0 Å². The summed E-state index contributed by atoms with van der Waals surface area (Å²) in [7, 11) is -2.83. The predicted molar refractivity (Wildman–Crippen MR) is 74.7 cm³/mol. The number of nitrogens with one attached hydrogen (secondary N) is 1. The van der Waals surface area contributed by atoms with Crippen molar-refractivity contribution in [1.29, 1.82) is 0 Å². The number of carbonyl (C=O) groups is 1. The Kier molecular flexibility index (Phi) is 5.21. The molecule has 0 aliphatic carbocycles. The fourth-order valence-corrected chi connectivity index (χ4v) is 4.53. The highest BCUT2D eigenvalue weighted by molar-refractivity contribution is 7.91.